The molecule has 8 nitrogen and oxygen atoms in total. The number of aryl methyl sites for hydroxylation is 1. The smallest absolute Gasteiger partial charge is 0.240 e. The first-order chi connectivity index (χ1) is 12.3. The first-order valence-electron chi connectivity index (χ1n) is 7.81. The van der Waals surface area contributed by atoms with Crippen molar-refractivity contribution in [3.05, 3.63) is 60.2 Å². The molecule has 2 heterocycles. The average molecular weight is 339 g/mol. The van der Waals surface area contributed by atoms with Crippen LogP contribution in [0.15, 0.2) is 53.3 Å². The molecule has 3 aromatic rings. The van der Waals surface area contributed by atoms with Crippen LogP contribution in [0, 0.1) is 0 Å². The summed E-state index contributed by atoms with van der Waals surface area (Å²) in [7, 11) is 0. The molecule has 1 amide bonds. The number of aromatic nitrogens is 4. The van der Waals surface area contributed by atoms with E-state index in [-0.39, 0.29) is 24.8 Å². The summed E-state index contributed by atoms with van der Waals surface area (Å²) in [5.74, 6) is 0.774. The monoisotopic (exact) mass is 339 g/mol. The summed E-state index contributed by atoms with van der Waals surface area (Å²) in [4.78, 5) is 24.4. The van der Waals surface area contributed by atoms with Crippen LogP contribution < -0.4 is 5.32 Å². The van der Waals surface area contributed by atoms with E-state index in [4.69, 9.17) is 4.52 Å². The van der Waals surface area contributed by atoms with Gasteiger partial charge in [-0.1, -0.05) is 35.5 Å². The van der Waals surface area contributed by atoms with Crippen LogP contribution in [-0.2, 0) is 11.2 Å². The quantitative estimate of drug-likeness (QED) is 0.667. The lowest BCUT2D eigenvalue weighted by molar-refractivity contribution is -0.122. The lowest BCUT2D eigenvalue weighted by Gasteiger charge is -2.16. The number of aliphatic hydroxyl groups excluding tert-OH is 1. The predicted octanol–water partition coefficient (Wildman–Crippen LogP) is 1.31. The maximum Gasteiger partial charge on any atom is 0.240 e. The first-order valence-corrected chi connectivity index (χ1v) is 7.81. The number of amides is 1. The molecule has 0 aliphatic heterocycles. The minimum Gasteiger partial charge on any atom is -0.394 e. The minimum atomic E-state index is -0.440. The number of hydrogen-bond donors (Lipinski definition) is 2. The fourth-order valence-electron chi connectivity index (χ4n) is 2.27. The summed E-state index contributed by atoms with van der Waals surface area (Å²) in [6.07, 6.45) is 3.63. The largest absolute Gasteiger partial charge is 0.394 e. The van der Waals surface area contributed by atoms with Crippen molar-refractivity contribution >= 4 is 5.91 Å². The number of rotatable bonds is 7. The van der Waals surface area contributed by atoms with Gasteiger partial charge in [0.1, 0.15) is 0 Å². The molecule has 0 saturated heterocycles. The number of nitrogens with one attached hydrogen (secondary N) is 1. The van der Waals surface area contributed by atoms with Gasteiger partial charge >= 0.3 is 0 Å². The van der Waals surface area contributed by atoms with Gasteiger partial charge in [0.25, 0.3) is 0 Å². The standard InChI is InChI=1S/C17H17N5O3/c23-11-13(12-5-2-1-3-6-12)20-14(24)7-8-15-21-17(22-25-15)16-18-9-4-10-19-16/h1-6,9-10,13,23H,7-8,11H2,(H,20,24)/t13-/m1/s1. The molecule has 0 bridgehead atoms. The highest BCUT2D eigenvalue weighted by Crippen LogP contribution is 2.13. The van der Waals surface area contributed by atoms with Crippen molar-refractivity contribution in [3.63, 3.8) is 0 Å². The van der Waals surface area contributed by atoms with Crippen molar-refractivity contribution in [2.75, 3.05) is 6.61 Å². The van der Waals surface area contributed by atoms with E-state index in [0.717, 1.165) is 5.56 Å². The van der Waals surface area contributed by atoms with Gasteiger partial charge in [0.05, 0.1) is 12.6 Å². The highest BCUT2D eigenvalue weighted by Gasteiger charge is 2.15. The Morgan fingerprint density at radius 1 is 1.12 bits per heavy atom. The van der Waals surface area contributed by atoms with Crippen molar-refractivity contribution in [2.24, 2.45) is 0 Å². The first kappa shape index (κ1) is 16.7. The van der Waals surface area contributed by atoms with Crippen molar-refractivity contribution in [2.45, 2.75) is 18.9 Å². The summed E-state index contributed by atoms with van der Waals surface area (Å²) in [6, 6.07) is 10.6. The maximum atomic E-state index is 12.1. The molecule has 2 aromatic heterocycles. The maximum absolute atomic E-state index is 12.1. The van der Waals surface area contributed by atoms with Gasteiger partial charge in [0.2, 0.25) is 23.4 Å². The Hall–Kier alpha value is -3.13. The molecule has 0 saturated carbocycles. The Kier molecular flexibility index (Phi) is 5.43. The second kappa shape index (κ2) is 8.11. The molecule has 0 spiro atoms. The van der Waals surface area contributed by atoms with Gasteiger partial charge in [0.15, 0.2) is 0 Å². The molecule has 0 aliphatic carbocycles. The molecule has 0 unspecified atom stereocenters. The third kappa shape index (κ3) is 4.45. The van der Waals surface area contributed by atoms with E-state index < -0.39 is 6.04 Å². The second-order valence-corrected chi connectivity index (χ2v) is 5.30. The zero-order valence-electron chi connectivity index (χ0n) is 13.4. The lowest BCUT2D eigenvalue weighted by Crippen LogP contribution is -2.30. The molecule has 0 radical (unpaired) electrons. The molecule has 3 rings (SSSR count). The van der Waals surface area contributed by atoms with Gasteiger partial charge < -0.3 is 14.9 Å². The minimum absolute atomic E-state index is 0.167. The van der Waals surface area contributed by atoms with E-state index >= 15 is 0 Å². The van der Waals surface area contributed by atoms with Crippen LogP contribution in [0.2, 0.25) is 0 Å². The van der Waals surface area contributed by atoms with Crippen molar-refractivity contribution in [1.29, 1.82) is 0 Å². The number of carbonyl (C=O) groups is 1. The van der Waals surface area contributed by atoms with Crippen molar-refractivity contribution in [3.8, 4) is 11.6 Å². The summed E-state index contributed by atoms with van der Waals surface area (Å²) in [5.41, 5.74) is 0.847. The molecule has 8 heteroatoms. The zero-order chi connectivity index (χ0) is 17.5. The van der Waals surface area contributed by atoms with E-state index in [0.29, 0.717) is 18.1 Å². The molecule has 25 heavy (non-hydrogen) atoms. The van der Waals surface area contributed by atoms with Crippen molar-refractivity contribution < 1.29 is 14.4 Å². The van der Waals surface area contributed by atoms with Crippen LogP contribution in [0.1, 0.15) is 23.9 Å². The lowest BCUT2D eigenvalue weighted by atomic mass is 10.1. The predicted molar refractivity (Wildman–Crippen MR) is 88.1 cm³/mol. The Bertz CT molecular complexity index is 807. The highest BCUT2D eigenvalue weighted by molar-refractivity contribution is 5.76. The fraction of sp³-hybridized carbons (Fsp3) is 0.235. The van der Waals surface area contributed by atoms with Gasteiger partial charge in [-0.25, -0.2) is 9.97 Å². The second-order valence-electron chi connectivity index (χ2n) is 5.30. The van der Waals surface area contributed by atoms with Gasteiger partial charge in [-0.2, -0.15) is 4.98 Å². The number of hydrogen-bond acceptors (Lipinski definition) is 7. The van der Waals surface area contributed by atoms with E-state index in [1.54, 1.807) is 18.5 Å². The van der Waals surface area contributed by atoms with Crippen molar-refractivity contribution in [1.82, 2.24) is 25.4 Å². The van der Waals surface area contributed by atoms with E-state index in [1.165, 1.54) is 0 Å². The number of benzene rings is 1. The number of aliphatic hydroxyl groups is 1. The SMILES string of the molecule is O=C(CCc1nc(-c2ncccn2)no1)N[C@H](CO)c1ccccc1. The van der Waals surface area contributed by atoms with Gasteiger partial charge in [-0.15, -0.1) is 0 Å². The number of carbonyl (C=O) groups excluding carboxylic acids is 1. The van der Waals surface area contributed by atoms with Gasteiger partial charge in [-0.3, -0.25) is 4.79 Å². The molecule has 1 atom stereocenters. The summed E-state index contributed by atoms with van der Waals surface area (Å²) < 4.78 is 5.11. The third-order valence-electron chi connectivity index (χ3n) is 3.52. The molecular formula is C17H17N5O3. The van der Waals surface area contributed by atoms with Gasteiger partial charge in [-0.05, 0) is 11.6 Å². The van der Waals surface area contributed by atoms with E-state index in [1.807, 2.05) is 30.3 Å². The summed E-state index contributed by atoms with van der Waals surface area (Å²) in [6.45, 7) is -0.175. The topological polar surface area (TPSA) is 114 Å². The summed E-state index contributed by atoms with van der Waals surface area (Å²) in [5, 5.41) is 16.1. The van der Waals surface area contributed by atoms with Crippen LogP contribution in [-0.4, -0.2) is 37.7 Å². The molecule has 0 aliphatic rings. The van der Waals surface area contributed by atoms with E-state index in [9.17, 15) is 9.90 Å². The van der Waals surface area contributed by atoms with Crippen LogP contribution in [0.3, 0.4) is 0 Å². The highest BCUT2D eigenvalue weighted by atomic mass is 16.5. The molecule has 2 N–H and O–H groups in total. The zero-order valence-corrected chi connectivity index (χ0v) is 13.4. The third-order valence-corrected chi connectivity index (χ3v) is 3.52. The van der Waals surface area contributed by atoms with Crippen LogP contribution >= 0.6 is 0 Å². The Labute approximate surface area is 144 Å². The molecule has 1 aromatic carbocycles. The Balaban J connectivity index is 1.55. The van der Waals surface area contributed by atoms with Crippen LogP contribution in [0.5, 0.6) is 0 Å². The molecular weight excluding hydrogens is 322 g/mol. The number of nitrogens with zero attached hydrogens (tertiary/aromatic N) is 4. The Morgan fingerprint density at radius 2 is 1.88 bits per heavy atom. The normalized spacial score (nSPS) is 11.9. The average Bonchev–Trinajstić information content (AvgIpc) is 3.15. The molecule has 0 fully saturated rings. The van der Waals surface area contributed by atoms with E-state index in [2.05, 4.69) is 25.4 Å². The Morgan fingerprint density at radius 3 is 2.60 bits per heavy atom. The van der Waals surface area contributed by atoms with Gasteiger partial charge in [0, 0.05) is 25.2 Å². The summed E-state index contributed by atoms with van der Waals surface area (Å²) >= 11 is 0. The van der Waals surface area contributed by atoms with Crippen LogP contribution in [0.25, 0.3) is 11.6 Å². The fourth-order valence-corrected chi connectivity index (χ4v) is 2.27. The molecule has 128 valence electrons. The van der Waals surface area contributed by atoms with Crippen LogP contribution in [0.4, 0.5) is 0 Å².